The molecule has 1 N–H and O–H groups in total. The van der Waals surface area contributed by atoms with E-state index in [-0.39, 0.29) is 22.9 Å². The number of amides is 1. The Balaban J connectivity index is 2.11. The number of carbonyl (C=O) groups is 1. The third-order valence-electron chi connectivity index (χ3n) is 4.24. The summed E-state index contributed by atoms with van der Waals surface area (Å²) < 4.78 is 6.86. The maximum Gasteiger partial charge on any atom is 0.284 e. The van der Waals surface area contributed by atoms with Crippen molar-refractivity contribution in [1.82, 2.24) is 19.5 Å². The summed E-state index contributed by atoms with van der Waals surface area (Å²) in [6.45, 7) is 5.52. The van der Waals surface area contributed by atoms with Gasteiger partial charge in [0.1, 0.15) is 17.1 Å². The summed E-state index contributed by atoms with van der Waals surface area (Å²) in [5, 5.41) is 4.49. The standard InChI is InChI=1S/C20H22ClN5O3/c1-11(2)29-17-8-13(6-7-15(17)21)16-9-18(27)26-19(24-16)14(10-22-26)20(28)23-12(3)25(4)5/h6-11,24H,1-5H3/b23-12-. The van der Waals surface area contributed by atoms with Crippen molar-refractivity contribution in [2.75, 3.05) is 14.1 Å². The van der Waals surface area contributed by atoms with Crippen molar-refractivity contribution >= 4 is 29.0 Å². The third-order valence-corrected chi connectivity index (χ3v) is 4.56. The van der Waals surface area contributed by atoms with Gasteiger partial charge in [-0.15, -0.1) is 0 Å². The van der Waals surface area contributed by atoms with Crippen LogP contribution in [0.1, 0.15) is 31.1 Å². The van der Waals surface area contributed by atoms with E-state index in [4.69, 9.17) is 16.3 Å². The van der Waals surface area contributed by atoms with Gasteiger partial charge in [0.15, 0.2) is 5.65 Å². The van der Waals surface area contributed by atoms with Gasteiger partial charge in [0.05, 0.1) is 23.0 Å². The van der Waals surface area contributed by atoms with Crippen LogP contribution in [-0.2, 0) is 0 Å². The van der Waals surface area contributed by atoms with Gasteiger partial charge >= 0.3 is 0 Å². The molecule has 8 nitrogen and oxygen atoms in total. The number of aromatic amines is 1. The zero-order chi connectivity index (χ0) is 21.3. The van der Waals surface area contributed by atoms with Crippen LogP contribution in [0.3, 0.4) is 0 Å². The molecule has 2 aromatic heterocycles. The minimum atomic E-state index is -0.487. The average molecular weight is 416 g/mol. The number of hydrogen-bond donors (Lipinski definition) is 1. The fourth-order valence-electron chi connectivity index (χ4n) is 2.62. The van der Waals surface area contributed by atoms with Crippen LogP contribution in [-0.4, -0.2) is 51.4 Å². The summed E-state index contributed by atoms with van der Waals surface area (Å²) in [7, 11) is 3.58. The molecule has 9 heteroatoms. The molecule has 0 aliphatic carbocycles. The fourth-order valence-corrected chi connectivity index (χ4v) is 2.78. The highest BCUT2D eigenvalue weighted by atomic mass is 35.5. The van der Waals surface area contributed by atoms with E-state index >= 15 is 0 Å². The lowest BCUT2D eigenvalue weighted by Crippen LogP contribution is -2.20. The van der Waals surface area contributed by atoms with Crippen molar-refractivity contribution in [3.8, 4) is 17.0 Å². The van der Waals surface area contributed by atoms with Gasteiger partial charge in [-0.25, -0.2) is 0 Å². The van der Waals surface area contributed by atoms with Crippen LogP contribution >= 0.6 is 11.6 Å². The number of rotatable bonds is 4. The first-order valence-corrected chi connectivity index (χ1v) is 9.39. The SMILES string of the molecule is C/C(=N/C(=O)c1cnn2c(=O)cc(-c3ccc(Cl)c(OC(C)C)c3)[nH]c12)N(C)C. The van der Waals surface area contributed by atoms with E-state index in [1.54, 1.807) is 44.1 Å². The smallest absolute Gasteiger partial charge is 0.284 e. The number of amidine groups is 1. The van der Waals surface area contributed by atoms with Crippen LogP contribution in [0.2, 0.25) is 5.02 Å². The number of aromatic nitrogens is 3. The Labute approximate surface area is 172 Å². The highest BCUT2D eigenvalue weighted by Crippen LogP contribution is 2.30. The maximum absolute atomic E-state index is 12.6. The van der Waals surface area contributed by atoms with E-state index < -0.39 is 5.91 Å². The Morgan fingerprint density at radius 1 is 1.31 bits per heavy atom. The number of nitrogens with one attached hydrogen (secondary N) is 1. The molecule has 2 heterocycles. The van der Waals surface area contributed by atoms with Gasteiger partial charge in [-0.3, -0.25) is 9.59 Å². The number of hydrogen-bond acceptors (Lipinski definition) is 4. The first-order chi connectivity index (χ1) is 13.7. The number of benzene rings is 1. The fraction of sp³-hybridized carbons (Fsp3) is 0.300. The molecule has 0 spiro atoms. The number of halogens is 1. The molecule has 0 aliphatic rings. The van der Waals surface area contributed by atoms with Crippen LogP contribution in [0.25, 0.3) is 16.9 Å². The monoisotopic (exact) mass is 415 g/mol. The molecule has 0 aliphatic heterocycles. The summed E-state index contributed by atoms with van der Waals surface area (Å²) in [5.74, 6) is 0.566. The largest absolute Gasteiger partial charge is 0.489 e. The second-order valence-electron chi connectivity index (χ2n) is 7.01. The molecule has 0 saturated carbocycles. The predicted octanol–water partition coefficient (Wildman–Crippen LogP) is 3.25. The van der Waals surface area contributed by atoms with Gasteiger partial charge in [-0.05, 0) is 32.9 Å². The number of ether oxygens (including phenoxy) is 1. The second kappa shape index (κ2) is 8.08. The van der Waals surface area contributed by atoms with Crippen LogP contribution in [0, 0.1) is 0 Å². The van der Waals surface area contributed by atoms with Gasteiger partial charge in [-0.1, -0.05) is 17.7 Å². The molecular weight excluding hydrogens is 394 g/mol. The molecule has 0 bridgehead atoms. The van der Waals surface area contributed by atoms with Gasteiger partial charge in [0, 0.05) is 25.7 Å². The summed E-state index contributed by atoms with van der Waals surface area (Å²) in [6.07, 6.45) is 1.28. The molecule has 0 radical (unpaired) electrons. The first kappa shape index (κ1) is 20.6. The van der Waals surface area contributed by atoms with E-state index in [0.717, 1.165) is 4.52 Å². The lowest BCUT2D eigenvalue weighted by Gasteiger charge is -2.13. The summed E-state index contributed by atoms with van der Waals surface area (Å²) in [4.78, 5) is 34.0. The van der Waals surface area contributed by atoms with Gasteiger partial charge < -0.3 is 14.6 Å². The van der Waals surface area contributed by atoms with Crippen LogP contribution in [0.4, 0.5) is 0 Å². The minimum absolute atomic E-state index is 0.0545. The van der Waals surface area contributed by atoms with Crippen LogP contribution in [0.5, 0.6) is 5.75 Å². The molecule has 0 atom stereocenters. The quantitative estimate of drug-likeness (QED) is 0.521. The van der Waals surface area contributed by atoms with Gasteiger partial charge in [0.2, 0.25) is 0 Å². The lowest BCUT2D eigenvalue weighted by molar-refractivity contribution is 0.100. The third kappa shape index (κ3) is 4.32. The number of aliphatic imine (C=N–C) groups is 1. The van der Waals surface area contributed by atoms with Crippen molar-refractivity contribution in [3.05, 3.63) is 51.4 Å². The van der Waals surface area contributed by atoms with Crippen LogP contribution in [0.15, 0.2) is 40.2 Å². The van der Waals surface area contributed by atoms with Gasteiger partial charge in [0.25, 0.3) is 11.5 Å². The predicted molar refractivity (Wildman–Crippen MR) is 113 cm³/mol. The van der Waals surface area contributed by atoms with E-state index in [2.05, 4.69) is 15.1 Å². The molecule has 0 fully saturated rings. The van der Waals surface area contributed by atoms with Gasteiger partial charge in [-0.2, -0.15) is 14.6 Å². The molecule has 0 unspecified atom stereocenters. The summed E-state index contributed by atoms with van der Waals surface area (Å²) in [5.41, 5.74) is 1.31. The van der Waals surface area contributed by atoms with Crippen molar-refractivity contribution in [3.63, 3.8) is 0 Å². The minimum Gasteiger partial charge on any atom is -0.489 e. The number of carbonyl (C=O) groups excluding carboxylic acids is 1. The molecule has 3 aromatic rings. The molecule has 0 saturated heterocycles. The number of fused-ring (bicyclic) bond motifs is 1. The number of H-pyrrole nitrogens is 1. The van der Waals surface area contributed by atoms with Crippen molar-refractivity contribution in [1.29, 1.82) is 0 Å². The highest BCUT2D eigenvalue weighted by Gasteiger charge is 2.17. The summed E-state index contributed by atoms with van der Waals surface area (Å²) in [6, 6.07) is 6.62. The Kier molecular flexibility index (Phi) is 5.74. The normalized spacial score (nSPS) is 11.9. The topological polar surface area (TPSA) is 92.1 Å². The molecule has 1 amide bonds. The van der Waals surface area contributed by atoms with Crippen molar-refractivity contribution in [2.24, 2.45) is 4.99 Å². The van der Waals surface area contributed by atoms with Crippen molar-refractivity contribution < 1.29 is 9.53 Å². The lowest BCUT2D eigenvalue weighted by atomic mass is 10.1. The van der Waals surface area contributed by atoms with E-state index in [0.29, 0.717) is 27.9 Å². The van der Waals surface area contributed by atoms with E-state index in [1.807, 2.05) is 13.8 Å². The second-order valence-corrected chi connectivity index (χ2v) is 7.42. The molecule has 29 heavy (non-hydrogen) atoms. The van der Waals surface area contributed by atoms with Crippen LogP contribution < -0.4 is 10.3 Å². The molecule has 152 valence electrons. The number of nitrogens with zero attached hydrogens (tertiary/aromatic N) is 4. The zero-order valence-electron chi connectivity index (χ0n) is 16.9. The highest BCUT2D eigenvalue weighted by molar-refractivity contribution is 6.32. The summed E-state index contributed by atoms with van der Waals surface area (Å²) >= 11 is 6.20. The molecule has 1 aromatic carbocycles. The maximum atomic E-state index is 12.6. The zero-order valence-corrected chi connectivity index (χ0v) is 17.6. The first-order valence-electron chi connectivity index (χ1n) is 9.02. The van der Waals surface area contributed by atoms with E-state index in [1.165, 1.54) is 12.3 Å². The van der Waals surface area contributed by atoms with E-state index in [9.17, 15) is 9.59 Å². The van der Waals surface area contributed by atoms with Crippen molar-refractivity contribution in [2.45, 2.75) is 26.9 Å². The average Bonchev–Trinajstić information content (AvgIpc) is 3.07. The molecule has 3 rings (SSSR count). The Hall–Kier alpha value is -3.13. The Morgan fingerprint density at radius 2 is 2.03 bits per heavy atom. The molecular formula is C20H22ClN5O3. The Bertz CT molecular complexity index is 1160. The Morgan fingerprint density at radius 3 is 2.69 bits per heavy atom.